The number of aromatic nitrogens is 2. The first kappa shape index (κ1) is 18.2. The number of rotatable bonds is 8. The zero-order chi connectivity index (χ0) is 19.1. The fourth-order valence-electron chi connectivity index (χ4n) is 2.30. The van der Waals surface area contributed by atoms with Crippen molar-refractivity contribution in [2.45, 2.75) is 0 Å². The van der Waals surface area contributed by atoms with Crippen molar-refractivity contribution in [1.82, 2.24) is 15.5 Å². The Hall–Kier alpha value is -3.61. The average Bonchev–Trinajstić information content (AvgIpc) is 3.21. The molecular weight excluding hydrogens is 346 g/mol. The molecule has 1 amide bonds. The van der Waals surface area contributed by atoms with Crippen LogP contribution in [-0.2, 0) is 4.79 Å². The van der Waals surface area contributed by atoms with E-state index in [0.717, 1.165) is 16.9 Å². The number of carbonyl (C=O) groups excluding carboxylic acids is 1. The van der Waals surface area contributed by atoms with E-state index < -0.39 is 0 Å². The van der Waals surface area contributed by atoms with Crippen LogP contribution in [0.5, 0.6) is 11.5 Å². The number of carbonyl (C=O) groups is 1. The summed E-state index contributed by atoms with van der Waals surface area (Å²) in [5.41, 5.74) is 1.52. The molecule has 0 radical (unpaired) electrons. The highest BCUT2D eigenvalue weighted by molar-refractivity contribution is 5.77. The second-order valence-electron chi connectivity index (χ2n) is 5.56. The first-order valence-electron chi connectivity index (χ1n) is 8.28. The first-order chi connectivity index (χ1) is 13.2. The molecule has 0 spiro atoms. The van der Waals surface area contributed by atoms with Gasteiger partial charge in [-0.25, -0.2) is 0 Å². The lowest BCUT2D eigenvalue weighted by Gasteiger charge is -2.06. The Kier molecular flexibility index (Phi) is 5.84. The fraction of sp³-hybridized carbons (Fsp3) is 0.150. The van der Waals surface area contributed by atoms with Gasteiger partial charge < -0.3 is 19.3 Å². The predicted molar refractivity (Wildman–Crippen MR) is 100 cm³/mol. The summed E-state index contributed by atoms with van der Waals surface area (Å²) in [6.45, 7) is 3.86. The zero-order valence-corrected chi connectivity index (χ0v) is 14.8. The minimum Gasteiger partial charge on any atom is -0.497 e. The molecule has 0 aliphatic heterocycles. The Labute approximate surface area is 156 Å². The van der Waals surface area contributed by atoms with Crippen molar-refractivity contribution in [2.75, 3.05) is 20.3 Å². The van der Waals surface area contributed by atoms with Crippen molar-refractivity contribution in [1.29, 1.82) is 0 Å². The summed E-state index contributed by atoms with van der Waals surface area (Å²) in [6.07, 6.45) is 1.61. The van der Waals surface area contributed by atoms with E-state index in [0.29, 0.717) is 24.0 Å². The van der Waals surface area contributed by atoms with Crippen LogP contribution in [0, 0.1) is 0 Å². The highest BCUT2D eigenvalue weighted by Gasteiger charge is 2.12. The maximum Gasteiger partial charge on any atom is 0.258 e. The van der Waals surface area contributed by atoms with Gasteiger partial charge in [0.1, 0.15) is 11.5 Å². The molecule has 0 atom stereocenters. The topological polar surface area (TPSA) is 86.5 Å². The molecular formula is C20H19N3O4. The molecule has 1 N–H and O–H groups in total. The number of nitrogens with zero attached hydrogens (tertiary/aromatic N) is 2. The molecule has 0 bridgehead atoms. The van der Waals surface area contributed by atoms with Gasteiger partial charge >= 0.3 is 0 Å². The van der Waals surface area contributed by atoms with Crippen molar-refractivity contribution in [3.63, 3.8) is 0 Å². The molecule has 0 aliphatic rings. The van der Waals surface area contributed by atoms with Crippen molar-refractivity contribution >= 4 is 5.91 Å². The van der Waals surface area contributed by atoms with Gasteiger partial charge in [-0.2, -0.15) is 4.98 Å². The number of benzene rings is 2. The summed E-state index contributed by atoms with van der Waals surface area (Å²) >= 11 is 0. The highest BCUT2D eigenvalue weighted by Crippen LogP contribution is 2.26. The van der Waals surface area contributed by atoms with Crippen LogP contribution in [0.4, 0.5) is 0 Å². The molecule has 0 aliphatic carbocycles. The van der Waals surface area contributed by atoms with E-state index in [2.05, 4.69) is 22.0 Å². The van der Waals surface area contributed by atoms with Crippen molar-refractivity contribution in [3.05, 3.63) is 61.2 Å². The number of nitrogens with one attached hydrogen (secondary N) is 1. The zero-order valence-electron chi connectivity index (χ0n) is 14.8. The summed E-state index contributed by atoms with van der Waals surface area (Å²) in [7, 11) is 1.61. The van der Waals surface area contributed by atoms with Gasteiger partial charge in [-0.1, -0.05) is 23.4 Å². The second kappa shape index (κ2) is 8.66. The molecule has 138 valence electrons. The third kappa shape index (κ3) is 4.72. The number of amides is 1. The van der Waals surface area contributed by atoms with Gasteiger partial charge in [0, 0.05) is 17.7 Å². The van der Waals surface area contributed by atoms with Crippen LogP contribution >= 0.6 is 0 Å². The summed E-state index contributed by atoms with van der Waals surface area (Å²) in [5.74, 6) is 1.91. The summed E-state index contributed by atoms with van der Waals surface area (Å²) in [6, 6.07) is 14.5. The van der Waals surface area contributed by atoms with E-state index in [1.54, 1.807) is 31.4 Å². The normalized spacial score (nSPS) is 10.3. The van der Waals surface area contributed by atoms with Crippen molar-refractivity contribution in [2.24, 2.45) is 0 Å². The Morgan fingerprint density at radius 2 is 2.00 bits per heavy atom. The molecule has 0 fully saturated rings. The standard InChI is InChI=1S/C20H19N3O4/c1-3-11-21-18(24)13-26-17-6-4-5-15(12-17)19-22-20(27-23-19)14-7-9-16(25-2)10-8-14/h3-10,12H,1,11,13H2,2H3,(H,21,24). The molecule has 3 aromatic rings. The van der Waals surface area contributed by atoms with Crippen LogP contribution in [0.25, 0.3) is 22.8 Å². The smallest absolute Gasteiger partial charge is 0.258 e. The molecule has 0 saturated carbocycles. The quantitative estimate of drug-likeness (QED) is 0.617. The summed E-state index contributed by atoms with van der Waals surface area (Å²) < 4.78 is 16.0. The summed E-state index contributed by atoms with van der Waals surface area (Å²) in [5, 5.41) is 6.67. The second-order valence-corrected chi connectivity index (χ2v) is 5.56. The summed E-state index contributed by atoms with van der Waals surface area (Å²) in [4.78, 5) is 16.0. The van der Waals surface area contributed by atoms with E-state index in [1.165, 1.54) is 0 Å². The molecule has 1 heterocycles. The van der Waals surface area contributed by atoms with Crippen LogP contribution in [0.2, 0.25) is 0 Å². The Balaban J connectivity index is 1.70. The maximum atomic E-state index is 11.6. The Bertz CT molecular complexity index is 919. The molecule has 1 aromatic heterocycles. The van der Waals surface area contributed by atoms with Gasteiger partial charge in [0.05, 0.1) is 7.11 Å². The molecule has 2 aromatic carbocycles. The van der Waals surface area contributed by atoms with E-state index in [9.17, 15) is 4.79 Å². The van der Waals surface area contributed by atoms with Gasteiger partial charge in [-0.15, -0.1) is 6.58 Å². The SMILES string of the molecule is C=CCNC(=O)COc1cccc(-c2noc(-c3ccc(OC)cc3)n2)c1. The van der Waals surface area contributed by atoms with Crippen molar-refractivity contribution < 1.29 is 18.8 Å². The van der Waals surface area contributed by atoms with E-state index in [-0.39, 0.29) is 12.5 Å². The van der Waals surface area contributed by atoms with Crippen LogP contribution in [0.3, 0.4) is 0 Å². The minimum atomic E-state index is -0.221. The molecule has 0 unspecified atom stereocenters. The fourth-order valence-corrected chi connectivity index (χ4v) is 2.30. The predicted octanol–water partition coefficient (Wildman–Crippen LogP) is 3.09. The van der Waals surface area contributed by atoms with E-state index in [1.807, 2.05) is 30.3 Å². The number of hydrogen-bond acceptors (Lipinski definition) is 6. The van der Waals surface area contributed by atoms with Crippen LogP contribution < -0.4 is 14.8 Å². The Morgan fingerprint density at radius 1 is 1.19 bits per heavy atom. The van der Waals surface area contributed by atoms with Crippen LogP contribution in [0.1, 0.15) is 0 Å². The third-order valence-corrected chi connectivity index (χ3v) is 3.67. The van der Waals surface area contributed by atoms with Gasteiger partial charge in [0.15, 0.2) is 6.61 Å². The van der Waals surface area contributed by atoms with Gasteiger partial charge in [-0.05, 0) is 36.4 Å². The molecule has 0 saturated heterocycles. The van der Waals surface area contributed by atoms with Gasteiger partial charge in [-0.3, -0.25) is 4.79 Å². The average molecular weight is 365 g/mol. The van der Waals surface area contributed by atoms with Crippen LogP contribution in [0.15, 0.2) is 65.7 Å². The number of ether oxygens (including phenoxy) is 2. The van der Waals surface area contributed by atoms with Crippen LogP contribution in [-0.4, -0.2) is 36.3 Å². The van der Waals surface area contributed by atoms with Gasteiger partial charge in [0.2, 0.25) is 5.82 Å². The van der Waals surface area contributed by atoms with Gasteiger partial charge in [0.25, 0.3) is 11.8 Å². The number of methoxy groups -OCH3 is 1. The highest BCUT2D eigenvalue weighted by atomic mass is 16.5. The Morgan fingerprint density at radius 3 is 2.74 bits per heavy atom. The van der Waals surface area contributed by atoms with E-state index >= 15 is 0 Å². The molecule has 7 heteroatoms. The third-order valence-electron chi connectivity index (χ3n) is 3.67. The lowest BCUT2D eigenvalue weighted by atomic mass is 10.2. The molecule has 3 rings (SSSR count). The largest absolute Gasteiger partial charge is 0.497 e. The minimum absolute atomic E-state index is 0.0827. The maximum absolute atomic E-state index is 11.6. The van der Waals surface area contributed by atoms with E-state index in [4.69, 9.17) is 14.0 Å². The lowest BCUT2D eigenvalue weighted by Crippen LogP contribution is -2.28. The first-order valence-corrected chi connectivity index (χ1v) is 8.28. The monoisotopic (exact) mass is 365 g/mol. The lowest BCUT2D eigenvalue weighted by molar-refractivity contribution is -0.122. The number of hydrogen-bond donors (Lipinski definition) is 1. The molecule has 27 heavy (non-hydrogen) atoms. The molecule has 7 nitrogen and oxygen atoms in total. The van der Waals surface area contributed by atoms with Crippen molar-refractivity contribution in [3.8, 4) is 34.3 Å².